The number of hydrogen-bond donors (Lipinski definition) is 3. The van der Waals surface area contributed by atoms with Gasteiger partial charge in [0.25, 0.3) is 5.91 Å². The van der Waals surface area contributed by atoms with Gasteiger partial charge in [0.1, 0.15) is 0 Å². The lowest BCUT2D eigenvalue weighted by atomic mass is 9.85. The number of benzene rings is 1. The zero-order chi connectivity index (χ0) is 14.0. The maximum atomic E-state index is 12.1. The van der Waals surface area contributed by atoms with Gasteiger partial charge in [0.05, 0.1) is 5.41 Å². The summed E-state index contributed by atoms with van der Waals surface area (Å²) in [5, 5.41) is 12.1. The molecule has 0 spiro atoms. The third-order valence-corrected chi connectivity index (χ3v) is 3.92. The quantitative estimate of drug-likeness (QED) is 0.722. The van der Waals surface area contributed by atoms with Crippen LogP contribution in [0.15, 0.2) is 24.3 Å². The Hall–Kier alpha value is -2.04. The van der Waals surface area contributed by atoms with Gasteiger partial charge in [0, 0.05) is 17.3 Å². The minimum atomic E-state index is -0.872. The summed E-state index contributed by atoms with van der Waals surface area (Å²) in [5.74, 6) is -1.10. The van der Waals surface area contributed by atoms with Crippen LogP contribution in [-0.2, 0) is 4.79 Å². The van der Waals surface area contributed by atoms with E-state index in [0.29, 0.717) is 24.1 Å². The normalized spacial score (nSPS) is 26.1. The van der Waals surface area contributed by atoms with Gasteiger partial charge >= 0.3 is 5.97 Å². The van der Waals surface area contributed by atoms with Crippen molar-refractivity contribution in [3.8, 4) is 0 Å². The average molecular weight is 262 g/mol. The number of rotatable bonds is 3. The SMILES string of the molecule is CC1(C(=O)O)CCCC1NC(=O)c1ccc(N)cc1. The van der Waals surface area contributed by atoms with Crippen LogP contribution in [0.5, 0.6) is 0 Å². The van der Waals surface area contributed by atoms with E-state index in [2.05, 4.69) is 5.32 Å². The van der Waals surface area contributed by atoms with Crippen molar-refractivity contribution in [1.29, 1.82) is 0 Å². The zero-order valence-electron chi connectivity index (χ0n) is 10.8. The summed E-state index contributed by atoms with van der Waals surface area (Å²) in [4.78, 5) is 23.4. The van der Waals surface area contributed by atoms with Crippen molar-refractivity contribution in [3.05, 3.63) is 29.8 Å². The van der Waals surface area contributed by atoms with E-state index in [1.807, 2.05) is 0 Å². The standard InChI is InChI=1S/C14H18N2O3/c1-14(13(18)19)8-2-3-11(14)16-12(17)9-4-6-10(15)7-5-9/h4-7,11H,2-3,8,15H2,1H3,(H,16,17)(H,18,19). The summed E-state index contributed by atoms with van der Waals surface area (Å²) in [6.07, 6.45) is 2.11. The molecule has 5 nitrogen and oxygen atoms in total. The Bertz CT molecular complexity index is 498. The Morgan fingerprint density at radius 2 is 2.00 bits per heavy atom. The summed E-state index contributed by atoms with van der Waals surface area (Å²) < 4.78 is 0. The van der Waals surface area contributed by atoms with Gasteiger partial charge in [-0.2, -0.15) is 0 Å². The van der Waals surface area contributed by atoms with Crippen molar-refractivity contribution >= 4 is 17.6 Å². The first-order valence-electron chi connectivity index (χ1n) is 6.33. The zero-order valence-corrected chi connectivity index (χ0v) is 10.8. The van der Waals surface area contributed by atoms with Crippen LogP contribution in [0.4, 0.5) is 5.69 Å². The monoisotopic (exact) mass is 262 g/mol. The highest BCUT2D eigenvalue weighted by molar-refractivity contribution is 5.95. The molecule has 102 valence electrons. The van der Waals surface area contributed by atoms with Gasteiger partial charge in [-0.15, -0.1) is 0 Å². The Labute approximate surface area is 111 Å². The van der Waals surface area contributed by atoms with Crippen molar-refractivity contribution in [1.82, 2.24) is 5.32 Å². The molecule has 1 aromatic carbocycles. The van der Waals surface area contributed by atoms with Crippen LogP contribution in [-0.4, -0.2) is 23.0 Å². The lowest BCUT2D eigenvalue weighted by Crippen LogP contribution is -2.47. The molecule has 0 saturated heterocycles. The van der Waals surface area contributed by atoms with Crippen LogP contribution >= 0.6 is 0 Å². The molecule has 1 fully saturated rings. The van der Waals surface area contributed by atoms with E-state index in [1.165, 1.54) is 0 Å². The molecule has 2 unspecified atom stereocenters. The molecule has 1 aliphatic carbocycles. The van der Waals surface area contributed by atoms with E-state index in [9.17, 15) is 14.7 Å². The lowest BCUT2D eigenvalue weighted by molar-refractivity contribution is -0.148. The maximum absolute atomic E-state index is 12.1. The van der Waals surface area contributed by atoms with E-state index in [0.717, 1.165) is 6.42 Å². The highest BCUT2D eigenvalue weighted by atomic mass is 16.4. The van der Waals surface area contributed by atoms with Crippen LogP contribution in [0.2, 0.25) is 0 Å². The number of nitrogen functional groups attached to an aromatic ring is 1. The number of aliphatic carboxylic acids is 1. The molecule has 0 heterocycles. The highest BCUT2D eigenvalue weighted by Crippen LogP contribution is 2.38. The molecule has 2 rings (SSSR count). The molecule has 2 atom stereocenters. The van der Waals surface area contributed by atoms with Crippen molar-refractivity contribution in [2.75, 3.05) is 5.73 Å². The Kier molecular flexibility index (Phi) is 3.46. The first-order valence-corrected chi connectivity index (χ1v) is 6.33. The van der Waals surface area contributed by atoms with Crippen molar-refractivity contribution in [3.63, 3.8) is 0 Å². The van der Waals surface area contributed by atoms with Gasteiger partial charge in [-0.05, 0) is 44.0 Å². The molecule has 0 aliphatic heterocycles. The van der Waals surface area contributed by atoms with Gasteiger partial charge in [-0.25, -0.2) is 0 Å². The molecule has 1 aliphatic rings. The van der Waals surface area contributed by atoms with Crippen LogP contribution in [0, 0.1) is 5.41 Å². The fourth-order valence-electron chi connectivity index (χ4n) is 2.53. The first-order chi connectivity index (χ1) is 8.93. The largest absolute Gasteiger partial charge is 0.481 e. The minimum Gasteiger partial charge on any atom is -0.481 e. The lowest BCUT2D eigenvalue weighted by Gasteiger charge is -2.27. The molecule has 0 radical (unpaired) electrons. The van der Waals surface area contributed by atoms with Gasteiger partial charge < -0.3 is 16.2 Å². The number of nitrogens with one attached hydrogen (secondary N) is 1. The fourth-order valence-corrected chi connectivity index (χ4v) is 2.53. The second-order valence-corrected chi connectivity index (χ2v) is 5.26. The number of anilines is 1. The molecule has 0 bridgehead atoms. The highest BCUT2D eigenvalue weighted by Gasteiger charge is 2.45. The van der Waals surface area contributed by atoms with Gasteiger partial charge in [-0.1, -0.05) is 6.42 Å². The summed E-state index contributed by atoms with van der Waals surface area (Å²) in [6, 6.07) is 6.25. The van der Waals surface area contributed by atoms with Gasteiger partial charge in [0.15, 0.2) is 0 Å². The van der Waals surface area contributed by atoms with Crippen molar-refractivity contribution in [2.24, 2.45) is 5.41 Å². The summed E-state index contributed by atoms with van der Waals surface area (Å²) >= 11 is 0. The fraction of sp³-hybridized carbons (Fsp3) is 0.429. The molecule has 19 heavy (non-hydrogen) atoms. The Morgan fingerprint density at radius 3 is 2.58 bits per heavy atom. The molecular weight excluding hydrogens is 244 g/mol. The molecule has 1 amide bonds. The number of carbonyl (C=O) groups excluding carboxylic acids is 1. The van der Waals surface area contributed by atoms with Crippen LogP contribution in [0.25, 0.3) is 0 Å². The van der Waals surface area contributed by atoms with E-state index in [1.54, 1.807) is 31.2 Å². The van der Waals surface area contributed by atoms with Crippen LogP contribution in [0.1, 0.15) is 36.5 Å². The number of carbonyl (C=O) groups is 2. The Balaban J connectivity index is 2.10. The number of carboxylic acids is 1. The summed E-state index contributed by atoms with van der Waals surface area (Å²) in [6.45, 7) is 1.69. The smallest absolute Gasteiger partial charge is 0.311 e. The minimum absolute atomic E-state index is 0.251. The molecular formula is C14H18N2O3. The molecule has 5 heteroatoms. The molecule has 4 N–H and O–H groups in total. The molecule has 0 aromatic heterocycles. The molecule has 1 saturated carbocycles. The van der Waals surface area contributed by atoms with Crippen LogP contribution < -0.4 is 11.1 Å². The second kappa shape index (κ2) is 4.91. The number of amides is 1. The Morgan fingerprint density at radius 1 is 1.37 bits per heavy atom. The van der Waals surface area contributed by atoms with Gasteiger partial charge in [0.2, 0.25) is 0 Å². The van der Waals surface area contributed by atoms with E-state index in [4.69, 9.17) is 5.73 Å². The summed E-state index contributed by atoms with van der Waals surface area (Å²) in [7, 11) is 0. The van der Waals surface area contributed by atoms with Crippen molar-refractivity contribution < 1.29 is 14.7 Å². The van der Waals surface area contributed by atoms with E-state index < -0.39 is 11.4 Å². The third-order valence-electron chi connectivity index (χ3n) is 3.92. The number of carboxylic acid groups (broad SMARTS) is 1. The first kappa shape index (κ1) is 13.4. The van der Waals surface area contributed by atoms with Gasteiger partial charge in [-0.3, -0.25) is 9.59 Å². The van der Waals surface area contributed by atoms with Crippen LogP contribution in [0.3, 0.4) is 0 Å². The number of hydrogen-bond acceptors (Lipinski definition) is 3. The topological polar surface area (TPSA) is 92.4 Å². The second-order valence-electron chi connectivity index (χ2n) is 5.26. The molecule has 1 aromatic rings. The van der Waals surface area contributed by atoms with E-state index >= 15 is 0 Å². The summed E-state index contributed by atoms with van der Waals surface area (Å²) in [5.41, 5.74) is 5.78. The third kappa shape index (κ3) is 2.54. The average Bonchev–Trinajstić information content (AvgIpc) is 2.73. The maximum Gasteiger partial charge on any atom is 0.311 e. The number of nitrogens with two attached hydrogens (primary N) is 1. The van der Waals surface area contributed by atoms with Crippen molar-refractivity contribution in [2.45, 2.75) is 32.2 Å². The van der Waals surface area contributed by atoms with E-state index in [-0.39, 0.29) is 11.9 Å². The predicted molar refractivity (Wildman–Crippen MR) is 71.7 cm³/mol. The predicted octanol–water partition coefficient (Wildman–Crippen LogP) is 1.64.